The molecule has 0 aliphatic rings. The molecule has 0 aromatic heterocycles. The molecule has 90 valence electrons. The zero-order valence-electron chi connectivity index (χ0n) is 10.9. The lowest BCUT2D eigenvalue weighted by Gasteiger charge is -2.18. The third-order valence-electron chi connectivity index (χ3n) is 2.92. The van der Waals surface area contributed by atoms with Crippen LogP contribution in [0.25, 0.3) is 0 Å². The molecule has 1 unspecified atom stereocenters. The van der Waals surface area contributed by atoms with Crippen molar-refractivity contribution in [1.29, 1.82) is 0 Å². The molecule has 1 heteroatoms. The Balaban J connectivity index is 2.77. The molecule has 0 radical (unpaired) electrons. The van der Waals surface area contributed by atoms with Crippen molar-refractivity contribution in [3.8, 4) is 0 Å². The van der Waals surface area contributed by atoms with Gasteiger partial charge in [-0.1, -0.05) is 57.9 Å². The summed E-state index contributed by atoms with van der Waals surface area (Å²) in [6, 6.07) is 9.59. The van der Waals surface area contributed by atoms with E-state index >= 15 is 0 Å². The fourth-order valence-corrected chi connectivity index (χ4v) is 2.18. The minimum atomic E-state index is 0.534. The Labute approximate surface area is 100 Å². The Bertz CT molecular complexity index is 287. The minimum absolute atomic E-state index is 0.534. The van der Waals surface area contributed by atoms with E-state index in [9.17, 15) is 0 Å². The fraction of sp³-hybridized carbons (Fsp3) is 0.600. The summed E-state index contributed by atoms with van der Waals surface area (Å²) in [7, 11) is 0. The molecule has 0 amide bonds. The standard InChI is InChI=1S/C15H25N/c1-4-8-13-10-7-11-14(12-13)15(9-5-2)16-6-3/h7,10-12,15-16H,4-6,8-9H2,1-3H3. The first-order chi connectivity index (χ1) is 7.81. The van der Waals surface area contributed by atoms with Gasteiger partial charge < -0.3 is 5.32 Å². The van der Waals surface area contributed by atoms with Gasteiger partial charge >= 0.3 is 0 Å². The third-order valence-corrected chi connectivity index (χ3v) is 2.92. The Morgan fingerprint density at radius 1 is 1.12 bits per heavy atom. The zero-order valence-corrected chi connectivity index (χ0v) is 10.9. The van der Waals surface area contributed by atoms with Crippen molar-refractivity contribution in [3.63, 3.8) is 0 Å². The van der Waals surface area contributed by atoms with E-state index in [0.717, 1.165) is 6.54 Å². The first kappa shape index (κ1) is 13.2. The number of benzene rings is 1. The van der Waals surface area contributed by atoms with Gasteiger partial charge in [0.15, 0.2) is 0 Å². The second-order valence-corrected chi connectivity index (χ2v) is 4.39. The summed E-state index contributed by atoms with van der Waals surface area (Å²) in [5, 5.41) is 3.57. The molecule has 1 nitrogen and oxygen atoms in total. The van der Waals surface area contributed by atoms with E-state index in [2.05, 4.69) is 50.4 Å². The van der Waals surface area contributed by atoms with E-state index in [4.69, 9.17) is 0 Å². The van der Waals surface area contributed by atoms with Crippen molar-refractivity contribution in [3.05, 3.63) is 35.4 Å². The summed E-state index contributed by atoms with van der Waals surface area (Å²) in [4.78, 5) is 0. The van der Waals surface area contributed by atoms with Gasteiger partial charge in [0.05, 0.1) is 0 Å². The van der Waals surface area contributed by atoms with Crippen LogP contribution >= 0.6 is 0 Å². The van der Waals surface area contributed by atoms with E-state index in [-0.39, 0.29) is 0 Å². The van der Waals surface area contributed by atoms with Gasteiger partial charge in [-0.2, -0.15) is 0 Å². The topological polar surface area (TPSA) is 12.0 Å². The van der Waals surface area contributed by atoms with Crippen LogP contribution in [0.5, 0.6) is 0 Å². The summed E-state index contributed by atoms with van der Waals surface area (Å²) in [5.74, 6) is 0. The predicted octanol–water partition coefficient (Wildman–Crippen LogP) is 4.09. The normalized spacial score (nSPS) is 12.7. The smallest absolute Gasteiger partial charge is 0.0320 e. The maximum Gasteiger partial charge on any atom is 0.0320 e. The third kappa shape index (κ3) is 3.97. The number of hydrogen-bond acceptors (Lipinski definition) is 1. The van der Waals surface area contributed by atoms with Gasteiger partial charge in [-0.15, -0.1) is 0 Å². The van der Waals surface area contributed by atoms with Crippen LogP contribution in [0.15, 0.2) is 24.3 Å². The maximum absolute atomic E-state index is 3.57. The Morgan fingerprint density at radius 3 is 2.56 bits per heavy atom. The van der Waals surface area contributed by atoms with Crippen molar-refractivity contribution < 1.29 is 0 Å². The maximum atomic E-state index is 3.57. The first-order valence-corrected chi connectivity index (χ1v) is 6.64. The molecular weight excluding hydrogens is 194 g/mol. The Kier molecular flexibility index (Phi) is 6.17. The molecule has 0 aliphatic heterocycles. The van der Waals surface area contributed by atoms with Crippen LogP contribution in [-0.4, -0.2) is 6.54 Å². The van der Waals surface area contributed by atoms with E-state index in [0.29, 0.717) is 6.04 Å². The summed E-state index contributed by atoms with van der Waals surface area (Å²) < 4.78 is 0. The fourth-order valence-electron chi connectivity index (χ4n) is 2.18. The van der Waals surface area contributed by atoms with Gasteiger partial charge in [0.2, 0.25) is 0 Å². The lowest BCUT2D eigenvalue weighted by Crippen LogP contribution is -2.20. The molecule has 0 bridgehead atoms. The SMILES string of the molecule is CCCc1cccc(C(CCC)NCC)c1. The monoisotopic (exact) mass is 219 g/mol. The number of nitrogens with one attached hydrogen (secondary N) is 1. The largest absolute Gasteiger partial charge is 0.310 e. The molecule has 1 aromatic rings. The lowest BCUT2D eigenvalue weighted by atomic mass is 9.98. The second-order valence-electron chi connectivity index (χ2n) is 4.39. The van der Waals surface area contributed by atoms with Crippen LogP contribution in [-0.2, 0) is 6.42 Å². The van der Waals surface area contributed by atoms with Gasteiger partial charge in [0.1, 0.15) is 0 Å². The van der Waals surface area contributed by atoms with Gasteiger partial charge in [-0.25, -0.2) is 0 Å². The molecule has 0 saturated carbocycles. The molecule has 0 fully saturated rings. The van der Waals surface area contributed by atoms with E-state index in [1.165, 1.54) is 36.8 Å². The van der Waals surface area contributed by atoms with Crippen LogP contribution in [0, 0.1) is 0 Å². The highest BCUT2D eigenvalue weighted by atomic mass is 14.9. The van der Waals surface area contributed by atoms with Crippen molar-refractivity contribution >= 4 is 0 Å². The summed E-state index contributed by atoms with van der Waals surface area (Å²) in [6.07, 6.45) is 4.88. The van der Waals surface area contributed by atoms with Crippen molar-refractivity contribution in [1.82, 2.24) is 5.32 Å². The van der Waals surface area contributed by atoms with Crippen LogP contribution in [0.2, 0.25) is 0 Å². The molecule has 1 N–H and O–H groups in total. The average molecular weight is 219 g/mol. The van der Waals surface area contributed by atoms with Crippen LogP contribution in [0.3, 0.4) is 0 Å². The molecule has 0 aliphatic carbocycles. The van der Waals surface area contributed by atoms with Crippen LogP contribution < -0.4 is 5.32 Å². The number of aryl methyl sites for hydroxylation is 1. The second kappa shape index (κ2) is 7.45. The molecule has 1 aromatic carbocycles. The highest BCUT2D eigenvalue weighted by Gasteiger charge is 2.08. The van der Waals surface area contributed by atoms with Gasteiger partial charge in [0, 0.05) is 6.04 Å². The number of hydrogen-bond donors (Lipinski definition) is 1. The van der Waals surface area contributed by atoms with E-state index in [1.54, 1.807) is 0 Å². The van der Waals surface area contributed by atoms with Crippen molar-refractivity contribution in [2.24, 2.45) is 0 Å². The van der Waals surface area contributed by atoms with Gasteiger partial charge in [0.25, 0.3) is 0 Å². The number of rotatable bonds is 7. The molecule has 0 heterocycles. The Hall–Kier alpha value is -0.820. The van der Waals surface area contributed by atoms with Crippen molar-refractivity contribution in [2.75, 3.05) is 6.54 Å². The summed E-state index contributed by atoms with van der Waals surface area (Å²) >= 11 is 0. The molecule has 1 atom stereocenters. The Morgan fingerprint density at radius 2 is 1.94 bits per heavy atom. The minimum Gasteiger partial charge on any atom is -0.310 e. The quantitative estimate of drug-likeness (QED) is 0.728. The van der Waals surface area contributed by atoms with Crippen LogP contribution in [0.4, 0.5) is 0 Å². The summed E-state index contributed by atoms with van der Waals surface area (Å²) in [5.41, 5.74) is 2.92. The molecular formula is C15H25N. The highest BCUT2D eigenvalue weighted by molar-refractivity contribution is 5.26. The highest BCUT2D eigenvalue weighted by Crippen LogP contribution is 2.20. The predicted molar refractivity (Wildman–Crippen MR) is 71.8 cm³/mol. The van der Waals surface area contributed by atoms with Crippen molar-refractivity contribution in [2.45, 2.75) is 52.5 Å². The zero-order chi connectivity index (χ0) is 11.8. The van der Waals surface area contributed by atoms with E-state index in [1.807, 2.05) is 0 Å². The molecule has 16 heavy (non-hydrogen) atoms. The first-order valence-electron chi connectivity index (χ1n) is 6.64. The molecule has 0 spiro atoms. The van der Waals surface area contributed by atoms with Gasteiger partial charge in [-0.3, -0.25) is 0 Å². The lowest BCUT2D eigenvalue weighted by molar-refractivity contribution is 0.509. The molecule has 1 rings (SSSR count). The van der Waals surface area contributed by atoms with E-state index < -0.39 is 0 Å². The summed E-state index contributed by atoms with van der Waals surface area (Å²) in [6.45, 7) is 7.71. The molecule has 0 saturated heterocycles. The average Bonchev–Trinajstić information content (AvgIpc) is 2.30. The van der Waals surface area contributed by atoms with Crippen LogP contribution in [0.1, 0.15) is 57.2 Å². The van der Waals surface area contributed by atoms with Gasteiger partial charge in [-0.05, 0) is 30.5 Å².